The van der Waals surface area contributed by atoms with E-state index in [1.165, 1.54) is 18.2 Å². The van der Waals surface area contributed by atoms with E-state index >= 15 is 0 Å². The van der Waals surface area contributed by atoms with Crippen molar-refractivity contribution in [3.63, 3.8) is 0 Å². The van der Waals surface area contributed by atoms with E-state index in [-0.39, 0.29) is 6.61 Å². The highest BCUT2D eigenvalue weighted by Crippen LogP contribution is 2.35. The molecule has 1 unspecified atom stereocenters. The van der Waals surface area contributed by atoms with Crippen LogP contribution in [-0.2, 0) is 21.4 Å². The average Bonchev–Trinajstić information content (AvgIpc) is 2.94. The first-order valence-electron chi connectivity index (χ1n) is 6.72. The Morgan fingerprint density at radius 1 is 1.43 bits per heavy atom. The Hall–Kier alpha value is -1.88. The van der Waals surface area contributed by atoms with Crippen molar-refractivity contribution in [1.82, 2.24) is 0 Å². The molecule has 0 aliphatic carbocycles. The summed E-state index contributed by atoms with van der Waals surface area (Å²) in [5.41, 5.74) is 5.82. The lowest BCUT2D eigenvalue weighted by Gasteiger charge is -2.28. The number of ether oxygens (including phenoxy) is 1. The number of halogens is 1. The zero-order chi connectivity index (χ0) is 15.5. The molecule has 0 aliphatic heterocycles. The Kier molecular flexibility index (Phi) is 4.63. The van der Waals surface area contributed by atoms with Gasteiger partial charge in [-0.1, -0.05) is 6.07 Å². The molecule has 112 valence electrons. The summed E-state index contributed by atoms with van der Waals surface area (Å²) in [5.74, 6) is -0.809. The summed E-state index contributed by atoms with van der Waals surface area (Å²) in [6.07, 6.45) is 0.428. The monoisotopic (exact) mass is 307 g/mol. The van der Waals surface area contributed by atoms with E-state index in [1.807, 2.05) is 17.5 Å². The van der Waals surface area contributed by atoms with Crippen molar-refractivity contribution in [2.75, 3.05) is 12.3 Å². The van der Waals surface area contributed by atoms with Gasteiger partial charge in [-0.25, -0.2) is 4.39 Å². The van der Waals surface area contributed by atoms with Crippen molar-refractivity contribution in [1.29, 1.82) is 0 Å². The zero-order valence-electron chi connectivity index (χ0n) is 12.1. The first-order valence-corrected chi connectivity index (χ1v) is 7.60. The van der Waals surface area contributed by atoms with Gasteiger partial charge in [0.25, 0.3) is 0 Å². The molecule has 2 N–H and O–H groups in total. The number of carbonyl (C=O) groups is 1. The van der Waals surface area contributed by atoms with Crippen LogP contribution in [-0.4, -0.2) is 12.6 Å². The normalized spacial score (nSPS) is 13.7. The fourth-order valence-electron chi connectivity index (χ4n) is 2.34. The number of hydrogen-bond acceptors (Lipinski definition) is 4. The smallest absolute Gasteiger partial charge is 0.316 e. The molecule has 1 aromatic carbocycles. The number of rotatable bonds is 5. The van der Waals surface area contributed by atoms with E-state index in [9.17, 15) is 9.18 Å². The van der Waals surface area contributed by atoms with E-state index in [0.717, 1.165) is 4.88 Å². The molecule has 0 radical (unpaired) electrons. The predicted molar refractivity (Wildman–Crippen MR) is 82.8 cm³/mol. The van der Waals surface area contributed by atoms with Crippen molar-refractivity contribution in [2.24, 2.45) is 0 Å². The molecule has 1 atom stereocenters. The fraction of sp³-hybridized carbons (Fsp3) is 0.312. The van der Waals surface area contributed by atoms with Crippen LogP contribution in [0.25, 0.3) is 0 Å². The second-order valence-electron chi connectivity index (χ2n) is 5.04. The number of carbonyl (C=O) groups excluding carboxylic acids is 1. The minimum atomic E-state index is -1.01. The molecule has 1 aromatic heterocycles. The van der Waals surface area contributed by atoms with Gasteiger partial charge < -0.3 is 10.5 Å². The number of hydrogen-bond donors (Lipinski definition) is 1. The molecule has 2 rings (SSSR count). The SMILES string of the molecule is CCOC(=O)C(C)(Cc1cccs1)c1cc(F)ccc1N. The highest BCUT2D eigenvalue weighted by Gasteiger charge is 2.39. The molecule has 5 heteroatoms. The van der Waals surface area contributed by atoms with E-state index in [4.69, 9.17) is 10.5 Å². The lowest BCUT2D eigenvalue weighted by Crippen LogP contribution is -2.37. The molecule has 1 heterocycles. The summed E-state index contributed by atoms with van der Waals surface area (Å²) in [5, 5.41) is 1.94. The molecular weight excluding hydrogens is 289 g/mol. The summed E-state index contributed by atoms with van der Waals surface area (Å²) >= 11 is 1.55. The number of nitrogen functional groups attached to an aromatic ring is 1. The number of anilines is 1. The number of benzene rings is 1. The molecule has 2 aromatic rings. The first-order chi connectivity index (χ1) is 9.97. The number of nitrogens with two attached hydrogens (primary N) is 1. The van der Waals surface area contributed by atoms with Crippen molar-refractivity contribution < 1.29 is 13.9 Å². The second kappa shape index (κ2) is 6.26. The van der Waals surface area contributed by atoms with Gasteiger partial charge in [0, 0.05) is 17.0 Å². The largest absolute Gasteiger partial charge is 0.465 e. The van der Waals surface area contributed by atoms with Crippen molar-refractivity contribution >= 4 is 23.0 Å². The molecule has 3 nitrogen and oxygen atoms in total. The number of thiophene rings is 1. The van der Waals surface area contributed by atoms with Crippen molar-refractivity contribution in [3.05, 3.63) is 52.0 Å². The Bertz CT molecular complexity index is 627. The Morgan fingerprint density at radius 2 is 2.19 bits per heavy atom. The van der Waals surface area contributed by atoms with Gasteiger partial charge in [-0.15, -0.1) is 11.3 Å². The maximum Gasteiger partial charge on any atom is 0.316 e. The van der Waals surface area contributed by atoms with Crippen LogP contribution in [0.4, 0.5) is 10.1 Å². The summed E-state index contributed by atoms with van der Waals surface area (Å²) in [4.78, 5) is 13.5. The minimum absolute atomic E-state index is 0.272. The molecule has 0 saturated carbocycles. The van der Waals surface area contributed by atoms with Gasteiger partial charge >= 0.3 is 5.97 Å². The van der Waals surface area contributed by atoms with Crippen LogP contribution < -0.4 is 5.73 Å². The van der Waals surface area contributed by atoms with Gasteiger partial charge in [-0.3, -0.25) is 4.79 Å². The molecule has 0 saturated heterocycles. The highest BCUT2D eigenvalue weighted by molar-refractivity contribution is 7.09. The summed E-state index contributed by atoms with van der Waals surface area (Å²) < 4.78 is 18.8. The lowest BCUT2D eigenvalue weighted by molar-refractivity contribution is -0.149. The highest BCUT2D eigenvalue weighted by atomic mass is 32.1. The van der Waals surface area contributed by atoms with Crippen LogP contribution >= 0.6 is 11.3 Å². The van der Waals surface area contributed by atoms with Gasteiger partial charge in [-0.05, 0) is 49.1 Å². The van der Waals surface area contributed by atoms with Crippen LogP contribution in [0.5, 0.6) is 0 Å². The van der Waals surface area contributed by atoms with Crippen LogP contribution in [0.3, 0.4) is 0 Å². The van der Waals surface area contributed by atoms with E-state index in [1.54, 1.807) is 25.2 Å². The topological polar surface area (TPSA) is 52.3 Å². The van der Waals surface area contributed by atoms with E-state index in [0.29, 0.717) is 17.7 Å². The zero-order valence-corrected chi connectivity index (χ0v) is 12.9. The minimum Gasteiger partial charge on any atom is -0.465 e. The van der Waals surface area contributed by atoms with Crippen molar-refractivity contribution in [3.8, 4) is 0 Å². The first kappa shape index (κ1) is 15.5. The van der Waals surface area contributed by atoms with E-state index in [2.05, 4.69) is 0 Å². The van der Waals surface area contributed by atoms with Crippen LogP contribution in [0.1, 0.15) is 24.3 Å². The van der Waals surface area contributed by atoms with Gasteiger partial charge in [-0.2, -0.15) is 0 Å². The maximum absolute atomic E-state index is 13.6. The van der Waals surface area contributed by atoms with Crippen LogP contribution in [0.2, 0.25) is 0 Å². The van der Waals surface area contributed by atoms with Gasteiger partial charge in [0.2, 0.25) is 0 Å². The summed E-state index contributed by atoms with van der Waals surface area (Å²) in [7, 11) is 0. The Morgan fingerprint density at radius 3 is 2.81 bits per heavy atom. The molecule has 0 amide bonds. The maximum atomic E-state index is 13.6. The van der Waals surface area contributed by atoms with Crippen molar-refractivity contribution in [2.45, 2.75) is 25.7 Å². The molecule has 21 heavy (non-hydrogen) atoms. The lowest BCUT2D eigenvalue weighted by atomic mass is 9.78. The molecule has 0 fully saturated rings. The third-order valence-electron chi connectivity index (χ3n) is 3.44. The molecule has 0 bridgehead atoms. The Labute approximate surface area is 127 Å². The summed E-state index contributed by atoms with van der Waals surface area (Å²) in [6, 6.07) is 7.95. The second-order valence-corrected chi connectivity index (χ2v) is 6.07. The van der Waals surface area contributed by atoms with Gasteiger partial charge in [0.05, 0.1) is 12.0 Å². The van der Waals surface area contributed by atoms with Crippen LogP contribution in [0.15, 0.2) is 35.7 Å². The Balaban J connectivity index is 2.49. The number of esters is 1. The molecule has 0 spiro atoms. The third-order valence-corrected chi connectivity index (χ3v) is 4.32. The predicted octanol–water partition coefficient (Wildman–Crippen LogP) is 3.53. The van der Waals surface area contributed by atoms with Gasteiger partial charge in [0.15, 0.2) is 0 Å². The van der Waals surface area contributed by atoms with Gasteiger partial charge in [0.1, 0.15) is 5.82 Å². The quantitative estimate of drug-likeness (QED) is 0.679. The third kappa shape index (κ3) is 3.24. The summed E-state index contributed by atoms with van der Waals surface area (Å²) in [6.45, 7) is 3.77. The fourth-order valence-corrected chi connectivity index (χ4v) is 3.20. The molecule has 0 aliphatic rings. The average molecular weight is 307 g/mol. The van der Waals surface area contributed by atoms with Crippen LogP contribution in [0, 0.1) is 5.82 Å². The standard InChI is InChI=1S/C16H18FNO2S/c1-3-20-15(19)16(2,10-12-5-4-8-21-12)13-9-11(17)6-7-14(13)18/h4-9H,3,10,18H2,1-2H3. The molecular formula is C16H18FNO2S. The van der Waals surface area contributed by atoms with E-state index < -0.39 is 17.2 Å².